The molecule has 7 heteroatoms. The molecule has 0 radical (unpaired) electrons. The fourth-order valence-corrected chi connectivity index (χ4v) is 6.06. The summed E-state index contributed by atoms with van der Waals surface area (Å²) in [6.45, 7) is 2.20. The van der Waals surface area contributed by atoms with Crippen molar-refractivity contribution in [1.82, 2.24) is 0 Å². The molecule has 1 atom stereocenters. The smallest absolute Gasteiger partial charge is 0.189 e. The van der Waals surface area contributed by atoms with Crippen molar-refractivity contribution in [2.75, 3.05) is 21.3 Å². The van der Waals surface area contributed by atoms with Crippen LogP contribution in [0.5, 0.6) is 23.0 Å². The van der Waals surface area contributed by atoms with Crippen LogP contribution in [0, 0.1) is 6.92 Å². The van der Waals surface area contributed by atoms with Crippen molar-refractivity contribution in [2.24, 2.45) is 0 Å². The second-order valence-corrected chi connectivity index (χ2v) is 10.5. The maximum atomic E-state index is 14.4. The molecule has 0 N–H and O–H groups in total. The van der Waals surface area contributed by atoms with E-state index >= 15 is 0 Å². The molecule has 0 saturated heterocycles. The minimum absolute atomic E-state index is 0.181. The minimum atomic E-state index is -3.99. The lowest BCUT2D eigenvalue weighted by molar-refractivity contribution is 0.302. The van der Waals surface area contributed by atoms with Crippen LogP contribution in [0.4, 0.5) is 0 Å². The molecule has 0 aromatic heterocycles. The Balaban J connectivity index is 1.95. The van der Waals surface area contributed by atoms with Crippen molar-refractivity contribution in [3.8, 4) is 23.0 Å². The molecule has 0 bridgehead atoms. The van der Waals surface area contributed by atoms with Gasteiger partial charge in [-0.1, -0.05) is 66.2 Å². The van der Waals surface area contributed by atoms with E-state index in [0.29, 0.717) is 34.1 Å². The maximum absolute atomic E-state index is 14.4. The number of methoxy groups -OCH3 is 3. The number of aryl methyl sites for hydroxylation is 1. The van der Waals surface area contributed by atoms with E-state index in [4.69, 9.17) is 18.9 Å². The summed E-state index contributed by atoms with van der Waals surface area (Å²) in [6, 6.07) is 27.0. The summed E-state index contributed by atoms with van der Waals surface area (Å²) in [5.74, 6) is 1.59. The SMILES string of the molecule is COc1cc(OC)c(C(c2ccccc2OCc2ccccc2)S(=O)(=O)c2ccc(C)cc2)c(OC)c1. The van der Waals surface area contributed by atoms with E-state index in [1.54, 1.807) is 54.6 Å². The fourth-order valence-electron chi connectivity index (χ4n) is 4.20. The van der Waals surface area contributed by atoms with E-state index in [2.05, 4.69) is 0 Å². The van der Waals surface area contributed by atoms with Crippen LogP contribution < -0.4 is 18.9 Å². The van der Waals surface area contributed by atoms with Gasteiger partial charge in [0.25, 0.3) is 0 Å². The van der Waals surface area contributed by atoms with E-state index in [-0.39, 0.29) is 11.5 Å². The molecule has 0 fully saturated rings. The highest BCUT2D eigenvalue weighted by Gasteiger charge is 2.38. The Bertz CT molecular complexity index is 1420. The molecule has 6 nitrogen and oxygen atoms in total. The Morgan fingerprint density at radius 3 is 1.89 bits per heavy atom. The Morgan fingerprint density at radius 1 is 0.703 bits per heavy atom. The minimum Gasteiger partial charge on any atom is -0.496 e. The largest absolute Gasteiger partial charge is 0.496 e. The summed E-state index contributed by atoms with van der Waals surface area (Å²) in [4.78, 5) is 0.181. The van der Waals surface area contributed by atoms with Crippen LogP contribution in [0.15, 0.2) is 95.9 Å². The van der Waals surface area contributed by atoms with Gasteiger partial charge in [-0.05, 0) is 30.7 Å². The zero-order valence-electron chi connectivity index (χ0n) is 21.3. The molecule has 0 aliphatic heterocycles. The molecule has 0 aliphatic rings. The molecule has 192 valence electrons. The van der Waals surface area contributed by atoms with Crippen LogP contribution in [0.1, 0.15) is 27.5 Å². The van der Waals surface area contributed by atoms with Gasteiger partial charge in [0.2, 0.25) is 0 Å². The lowest BCUT2D eigenvalue weighted by Gasteiger charge is -2.25. The van der Waals surface area contributed by atoms with E-state index in [1.165, 1.54) is 21.3 Å². The first kappa shape index (κ1) is 26.1. The molecule has 4 rings (SSSR count). The average molecular weight is 519 g/mol. The molecule has 0 heterocycles. The third-order valence-electron chi connectivity index (χ3n) is 6.11. The van der Waals surface area contributed by atoms with Crippen molar-refractivity contribution in [3.63, 3.8) is 0 Å². The Morgan fingerprint density at radius 2 is 1.30 bits per heavy atom. The summed E-state index contributed by atoms with van der Waals surface area (Å²) in [5.41, 5.74) is 2.76. The van der Waals surface area contributed by atoms with Gasteiger partial charge in [0.1, 0.15) is 34.9 Å². The van der Waals surface area contributed by atoms with Gasteiger partial charge in [-0.2, -0.15) is 0 Å². The molecular weight excluding hydrogens is 488 g/mol. The summed E-state index contributed by atoms with van der Waals surface area (Å²) in [7, 11) is 0.516. The summed E-state index contributed by atoms with van der Waals surface area (Å²) in [6.07, 6.45) is 0. The van der Waals surface area contributed by atoms with Crippen LogP contribution >= 0.6 is 0 Å². The predicted octanol–water partition coefficient (Wildman–Crippen LogP) is 6.16. The van der Waals surface area contributed by atoms with Gasteiger partial charge in [0.05, 0.1) is 31.8 Å². The third kappa shape index (κ3) is 5.57. The molecular formula is C30H30O6S. The van der Waals surface area contributed by atoms with Gasteiger partial charge in [-0.25, -0.2) is 8.42 Å². The van der Waals surface area contributed by atoms with E-state index in [9.17, 15) is 8.42 Å². The Hall–Kier alpha value is -3.97. The van der Waals surface area contributed by atoms with E-state index < -0.39 is 15.1 Å². The first-order valence-electron chi connectivity index (χ1n) is 11.7. The molecule has 1 unspecified atom stereocenters. The van der Waals surface area contributed by atoms with Crippen LogP contribution in [0.2, 0.25) is 0 Å². The van der Waals surface area contributed by atoms with Crippen LogP contribution in [0.3, 0.4) is 0 Å². The number of ether oxygens (including phenoxy) is 4. The highest BCUT2D eigenvalue weighted by Crippen LogP contribution is 2.48. The standard InChI is InChI=1S/C30H30O6S/c1-21-14-16-24(17-15-21)37(31,32)30(29-27(34-3)18-23(33-2)19-28(29)35-4)25-12-8-9-13-26(25)36-20-22-10-6-5-7-11-22/h5-19,30H,20H2,1-4H3. The Kier molecular flexibility index (Phi) is 8.04. The molecule has 0 spiro atoms. The number of rotatable bonds is 10. The maximum Gasteiger partial charge on any atom is 0.189 e. The lowest BCUT2D eigenvalue weighted by Crippen LogP contribution is -2.18. The van der Waals surface area contributed by atoms with Crippen molar-refractivity contribution in [2.45, 2.75) is 23.7 Å². The van der Waals surface area contributed by atoms with Crippen LogP contribution in [0.25, 0.3) is 0 Å². The lowest BCUT2D eigenvalue weighted by atomic mass is 10.0. The van der Waals surface area contributed by atoms with Crippen molar-refractivity contribution >= 4 is 9.84 Å². The second-order valence-electron chi connectivity index (χ2n) is 8.50. The van der Waals surface area contributed by atoms with Crippen molar-refractivity contribution in [3.05, 3.63) is 113 Å². The quantitative estimate of drug-likeness (QED) is 0.250. The zero-order chi connectivity index (χ0) is 26.4. The van der Waals surface area contributed by atoms with Crippen LogP contribution in [-0.4, -0.2) is 29.7 Å². The molecule has 0 saturated carbocycles. The summed E-state index contributed by atoms with van der Waals surface area (Å²) in [5, 5.41) is -1.18. The predicted molar refractivity (Wildman–Crippen MR) is 144 cm³/mol. The highest BCUT2D eigenvalue weighted by molar-refractivity contribution is 7.92. The van der Waals surface area contributed by atoms with Gasteiger partial charge < -0.3 is 18.9 Å². The topological polar surface area (TPSA) is 71.1 Å². The molecule has 4 aromatic carbocycles. The number of hydrogen-bond acceptors (Lipinski definition) is 6. The van der Waals surface area contributed by atoms with Gasteiger partial charge >= 0.3 is 0 Å². The van der Waals surface area contributed by atoms with E-state index in [0.717, 1.165) is 11.1 Å². The van der Waals surface area contributed by atoms with Crippen LogP contribution in [-0.2, 0) is 16.4 Å². The number of para-hydroxylation sites is 1. The first-order valence-corrected chi connectivity index (χ1v) is 13.3. The second kappa shape index (κ2) is 11.4. The summed E-state index contributed by atoms with van der Waals surface area (Å²) >= 11 is 0. The average Bonchev–Trinajstić information content (AvgIpc) is 2.93. The molecule has 4 aromatic rings. The third-order valence-corrected chi connectivity index (χ3v) is 8.15. The normalized spacial score (nSPS) is 12.0. The molecule has 0 amide bonds. The van der Waals surface area contributed by atoms with Gasteiger partial charge in [0, 0.05) is 17.7 Å². The number of benzene rings is 4. The van der Waals surface area contributed by atoms with Crippen molar-refractivity contribution in [1.29, 1.82) is 0 Å². The van der Waals surface area contributed by atoms with E-state index in [1.807, 2.05) is 43.3 Å². The Labute approximate surface area is 218 Å². The molecule has 0 aliphatic carbocycles. The summed E-state index contributed by atoms with van der Waals surface area (Å²) < 4.78 is 51.7. The number of hydrogen-bond donors (Lipinski definition) is 0. The van der Waals surface area contributed by atoms with Gasteiger partial charge in [-0.3, -0.25) is 0 Å². The van der Waals surface area contributed by atoms with Crippen molar-refractivity contribution < 1.29 is 27.4 Å². The fraction of sp³-hybridized carbons (Fsp3) is 0.200. The number of sulfone groups is 1. The highest BCUT2D eigenvalue weighted by atomic mass is 32.2. The monoisotopic (exact) mass is 518 g/mol. The van der Waals surface area contributed by atoms with Gasteiger partial charge in [-0.15, -0.1) is 0 Å². The first-order chi connectivity index (χ1) is 17.9. The molecule has 37 heavy (non-hydrogen) atoms. The zero-order valence-corrected chi connectivity index (χ0v) is 22.1. The van der Waals surface area contributed by atoms with Gasteiger partial charge in [0.15, 0.2) is 9.84 Å².